The maximum absolute atomic E-state index is 12.4. The highest BCUT2D eigenvalue weighted by Gasteiger charge is 2.16. The summed E-state index contributed by atoms with van der Waals surface area (Å²) in [5.74, 6) is -1.10. The highest BCUT2D eigenvalue weighted by molar-refractivity contribution is 7.99. The van der Waals surface area contributed by atoms with Crippen LogP contribution in [0.15, 0.2) is 51.7 Å². The van der Waals surface area contributed by atoms with E-state index in [9.17, 15) is 19.5 Å². The molecule has 0 radical (unpaired) electrons. The number of carbonyl (C=O) groups is 2. The second kappa shape index (κ2) is 8.80. The monoisotopic (exact) mass is 432 g/mol. The molecule has 2 heterocycles. The number of anilines is 1. The van der Waals surface area contributed by atoms with Gasteiger partial charge in [0.25, 0.3) is 11.5 Å². The first kappa shape index (κ1) is 20.4. The summed E-state index contributed by atoms with van der Waals surface area (Å²) in [6, 6.07) is 9.24. The number of hydrogen-bond donors (Lipinski definition) is 3. The number of nitrogens with zero attached hydrogens (tertiary/aromatic N) is 2. The number of amides is 2. The zero-order valence-electron chi connectivity index (χ0n) is 15.1. The maximum atomic E-state index is 12.4. The quantitative estimate of drug-likeness (QED) is 0.383. The van der Waals surface area contributed by atoms with Gasteiger partial charge in [-0.05, 0) is 23.6 Å². The third-order valence-electron chi connectivity index (χ3n) is 3.70. The first-order valence-electron chi connectivity index (χ1n) is 8.16. The number of benzene rings is 1. The Hall–Kier alpha value is -3.31. The molecule has 150 valence electrons. The van der Waals surface area contributed by atoms with Gasteiger partial charge in [0.1, 0.15) is 10.8 Å². The number of primary amides is 1. The molecule has 3 aromatic rings. The fraction of sp³-hybridized carbons (Fsp3) is 0.111. The molecule has 0 saturated carbocycles. The Morgan fingerprint density at radius 2 is 2.14 bits per heavy atom. The number of thioether (sulfide) groups is 1. The van der Waals surface area contributed by atoms with Crippen LogP contribution in [0.3, 0.4) is 0 Å². The molecule has 0 saturated heterocycles. The summed E-state index contributed by atoms with van der Waals surface area (Å²) in [5, 5.41) is 14.4. The smallest absolute Gasteiger partial charge is 0.262 e. The zero-order chi connectivity index (χ0) is 21.0. The average Bonchev–Trinajstić information content (AvgIpc) is 3.14. The minimum absolute atomic E-state index is 0.115. The molecule has 2 aromatic heterocycles. The van der Waals surface area contributed by atoms with E-state index in [0.29, 0.717) is 16.4 Å². The normalized spacial score (nSPS) is 10.5. The van der Waals surface area contributed by atoms with Gasteiger partial charge in [-0.1, -0.05) is 17.8 Å². The van der Waals surface area contributed by atoms with Gasteiger partial charge in [0.2, 0.25) is 11.8 Å². The van der Waals surface area contributed by atoms with Gasteiger partial charge < -0.3 is 20.9 Å². The Labute approximate surface area is 173 Å². The maximum Gasteiger partial charge on any atom is 0.262 e. The number of thiophene rings is 1. The molecule has 0 atom stereocenters. The summed E-state index contributed by atoms with van der Waals surface area (Å²) in [7, 11) is 1.50. The molecule has 29 heavy (non-hydrogen) atoms. The summed E-state index contributed by atoms with van der Waals surface area (Å²) >= 11 is 2.13. The minimum atomic E-state index is -0.643. The van der Waals surface area contributed by atoms with Gasteiger partial charge in [-0.2, -0.15) is 4.98 Å². The van der Waals surface area contributed by atoms with E-state index >= 15 is 0 Å². The van der Waals surface area contributed by atoms with Crippen LogP contribution in [0.4, 0.5) is 5.00 Å². The molecule has 11 heteroatoms. The average molecular weight is 432 g/mol. The van der Waals surface area contributed by atoms with Crippen LogP contribution in [0.2, 0.25) is 0 Å². The van der Waals surface area contributed by atoms with Crippen LogP contribution in [-0.4, -0.2) is 39.3 Å². The zero-order valence-corrected chi connectivity index (χ0v) is 16.8. The lowest BCUT2D eigenvalue weighted by molar-refractivity contribution is -0.113. The van der Waals surface area contributed by atoms with Crippen LogP contribution in [-0.2, 0) is 4.79 Å². The van der Waals surface area contributed by atoms with Crippen LogP contribution in [0.1, 0.15) is 10.4 Å². The molecule has 0 spiro atoms. The molecule has 0 aliphatic rings. The number of nitrogens with one attached hydrogen (secondary N) is 1. The first-order chi connectivity index (χ1) is 13.9. The van der Waals surface area contributed by atoms with Crippen LogP contribution in [0.25, 0.3) is 5.69 Å². The Bertz CT molecular complexity index is 1130. The van der Waals surface area contributed by atoms with Crippen molar-refractivity contribution in [3.8, 4) is 17.3 Å². The predicted octanol–water partition coefficient (Wildman–Crippen LogP) is 1.84. The van der Waals surface area contributed by atoms with Gasteiger partial charge in [-0.3, -0.25) is 19.0 Å². The summed E-state index contributed by atoms with van der Waals surface area (Å²) < 4.78 is 6.44. The molecular formula is C18H16N4O5S2. The number of methoxy groups -OCH3 is 1. The molecule has 0 aliphatic heterocycles. The highest BCUT2D eigenvalue weighted by atomic mass is 32.2. The van der Waals surface area contributed by atoms with Crippen molar-refractivity contribution < 1.29 is 19.4 Å². The lowest BCUT2D eigenvalue weighted by Crippen LogP contribution is -2.22. The number of ether oxygens (including phenoxy) is 1. The van der Waals surface area contributed by atoms with Gasteiger partial charge in [0.05, 0.1) is 30.2 Å². The summed E-state index contributed by atoms with van der Waals surface area (Å²) in [6.45, 7) is 0. The molecular weight excluding hydrogens is 416 g/mol. The van der Waals surface area contributed by atoms with E-state index < -0.39 is 23.3 Å². The molecule has 0 aliphatic carbocycles. The predicted molar refractivity (Wildman–Crippen MR) is 110 cm³/mol. The van der Waals surface area contributed by atoms with E-state index in [-0.39, 0.29) is 16.5 Å². The van der Waals surface area contributed by atoms with Crippen LogP contribution < -0.4 is 21.3 Å². The molecule has 1 aromatic carbocycles. The Morgan fingerprint density at radius 1 is 1.34 bits per heavy atom. The Balaban J connectivity index is 1.83. The third kappa shape index (κ3) is 4.76. The molecule has 9 nitrogen and oxygen atoms in total. The van der Waals surface area contributed by atoms with E-state index in [0.717, 1.165) is 17.8 Å². The molecule has 0 fully saturated rings. The molecule has 3 rings (SSSR count). The summed E-state index contributed by atoms with van der Waals surface area (Å²) in [6.07, 6.45) is 0. The summed E-state index contributed by atoms with van der Waals surface area (Å²) in [4.78, 5) is 40.1. The van der Waals surface area contributed by atoms with Crippen molar-refractivity contribution in [2.75, 3.05) is 18.2 Å². The number of aromatic nitrogens is 2. The summed E-state index contributed by atoms with van der Waals surface area (Å²) in [5.41, 5.74) is 5.45. The number of hydrogen-bond acceptors (Lipinski definition) is 8. The van der Waals surface area contributed by atoms with Gasteiger partial charge >= 0.3 is 0 Å². The van der Waals surface area contributed by atoms with Crippen LogP contribution in [0, 0.1) is 0 Å². The lowest BCUT2D eigenvalue weighted by Gasteiger charge is -2.12. The van der Waals surface area contributed by atoms with E-state index in [2.05, 4.69) is 10.3 Å². The van der Waals surface area contributed by atoms with Crippen molar-refractivity contribution in [2.24, 2.45) is 5.73 Å². The minimum Gasteiger partial charge on any atom is -0.497 e. The number of nitrogens with two attached hydrogens (primary N) is 1. The molecule has 0 bridgehead atoms. The lowest BCUT2D eigenvalue weighted by atomic mass is 10.3. The van der Waals surface area contributed by atoms with Crippen molar-refractivity contribution in [3.63, 3.8) is 0 Å². The third-order valence-corrected chi connectivity index (χ3v) is 5.47. The number of rotatable bonds is 7. The van der Waals surface area contributed by atoms with E-state index in [1.165, 1.54) is 29.1 Å². The highest BCUT2D eigenvalue weighted by Crippen LogP contribution is 2.25. The number of carbonyl (C=O) groups excluding carboxylic acids is 2. The van der Waals surface area contributed by atoms with E-state index in [1.54, 1.807) is 29.6 Å². The van der Waals surface area contributed by atoms with Gasteiger partial charge in [0, 0.05) is 6.07 Å². The van der Waals surface area contributed by atoms with Gasteiger partial charge in [-0.15, -0.1) is 11.3 Å². The standard InChI is InChI=1S/C18H16N4O5S2/c1-27-11-4-2-3-10(7-11)22-15(25)8-13(23)21-18(22)29-9-14(24)20-17-12(16(19)26)5-6-28-17/h2-8,23H,9H2,1H3,(H2,19,26)(H,20,24). The van der Waals surface area contributed by atoms with Crippen LogP contribution >= 0.6 is 23.1 Å². The second-order valence-corrected chi connectivity index (χ2v) is 7.50. The van der Waals surface area contributed by atoms with Crippen molar-refractivity contribution >= 4 is 39.9 Å². The molecule has 4 N–H and O–H groups in total. The fourth-order valence-electron chi connectivity index (χ4n) is 2.43. The van der Waals surface area contributed by atoms with Crippen molar-refractivity contribution in [3.05, 3.63) is 57.7 Å². The second-order valence-electron chi connectivity index (χ2n) is 5.64. The molecule has 0 unspecified atom stereocenters. The fourth-order valence-corrected chi connectivity index (χ4v) is 4.05. The Kier molecular flexibility index (Phi) is 6.20. The van der Waals surface area contributed by atoms with E-state index in [1.807, 2.05) is 0 Å². The first-order valence-corrected chi connectivity index (χ1v) is 10.0. The van der Waals surface area contributed by atoms with E-state index in [4.69, 9.17) is 10.5 Å². The SMILES string of the molecule is COc1cccc(-n2c(SCC(=O)Nc3sccc3C(N)=O)nc(O)cc2=O)c1. The Morgan fingerprint density at radius 3 is 2.86 bits per heavy atom. The van der Waals surface area contributed by atoms with Crippen molar-refractivity contribution in [1.29, 1.82) is 0 Å². The molecule has 2 amide bonds. The largest absolute Gasteiger partial charge is 0.497 e. The number of aromatic hydroxyl groups is 1. The van der Waals surface area contributed by atoms with Gasteiger partial charge in [0.15, 0.2) is 5.16 Å². The van der Waals surface area contributed by atoms with Gasteiger partial charge in [-0.25, -0.2) is 0 Å². The topological polar surface area (TPSA) is 137 Å². The van der Waals surface area contributed by atoms with Crippen molar-refractivity contribution in [1.82, 2.24) is 9.55 Å². The van der Waals surface area contributed by atoms with Crippen molar-refractivity contribution in [2.45, 2.75) is 5.16 Å². The van der Waals surface area contributed by atoms with Crippen LogP contribution in [0.5, 0.6) is 11.6 Å².